The van der Waals surface area contributed by atoms with Crippen molar-refractivity contribution in [3.8, 4) is 0 Å². The predicted molar refractivity (Wildman–Crippen MR) is 57.5 cm³/mol. The zero-order valence-electron chi connectivity index (χ0n) is 8.54. The molecule has 1 unspecified atom stereocenters. The Hall–Kier alpha value is -0.640. The third kappa shape index (κ3) is 4.16. The molecule has 1 aromatic rings. The van der Waals surface area contributed by atoms with E-state index in [1.807, 2.05) is 6.92 Å². The number of rotatable bonds is 5. The molecule has 1 aromatic carbocycles. The highest BCUT2D eigenvalue weighted by molar-refractivity contribution is 6.30. The van der Waals surface area contributed by atoms with Gasteiger partial charge in [-0.05, 0) is 30.2 Å². The van der Waals surface area contributed by atoms with Crippen LogP contribution in [-0.2, 0) is 4.74 Å². The molecule has 0 bridgehead atoms. The van der Waals surface area contributed by atoms with E-state index in [1.165, 1.54) is 18.2 Å². The van der Waals surface area contributed by atoms with E-state index < -0.39 is 11.9 Å². The van der Waals surface area contributed by atoms with E-state index in [4.69, 9.17) is 16.3 Å². The van der Waals surface area contributed by atoms with Gasteiger partial charge in [0.15, 0.2) is 0 Å². The summed E-state index contributed by atoms with van der Waals surface area (Å²) in [6.45, 7) is 2.72. The van der Waals surface area contributed by atoms with E-state index in [-0.39, 0.29) is 11.6 Å². The van der Waals surface area contributed by atoms with Gasteiger partial charge in [-0.1, -0.05) is 18.5 Å². The van der Waals surface area contributed by atoms with Crippen molar-refractivity contribution >= 4 is 11.6 Å². The Balaban J connectivity index is 2.60. The van der Waals surface area contributed by atoms with Gasteiger partial charge in [0.2, 0.25) is 0 Å². The largest absolute Gasteiger partial charge is 0.386 e. The molecule has 2 nitrogen and oxygen atoms in total. The first kappa shape index (κ1) is 12.4. The molecule has 0 amide bonds. The molecule has 0 saturated heterocycles. The van der Waals surface area contributed by atoms with Crippen LogP contribution in [0.1, 0.15) is 25.0 Å². The van der Waals surface area contributed by atoms with Crippen LogP contribution in [-0.4, -0.2) is 18.3 Å². The molecule has 0 aliphatic heterocycles. The number of halogens is 2. The lowest BCUT2D eigenvalue weighted by Gasteiger charge is -2.11. The monoisotopic (exact) mass is 232 g/mol. The maximum Gasteiger partial charge on any atom is 0.125 e. The fourth-order valence-corrected chi connectivity index (χ4v) is 1.43. The van der Waals surface area contributed by atoms with Crippen molar-refractivity contribution in [1.82, 2.24) is 0 Å². The molecule has 4 heteroatoms. The maximum atomic E-state index is 12.9. The summed E-state index contributed by atoms with van der Waals surface area (Å²) in [6, 6.07) is 3.99. The normalized spacial score (nSPS) is 12.8. The van der Waals surface area contributed by atoms with Crippen molar-refractivity contribution in [3.05, 3.63) is 34.6 Å². The zero-order chi connectivity index (χ0) is 11.3. The van der Waals surface area contributed by atoms with Crippen molar-refractivity contribution in [1.29, 1.82) is 0 Å². The number of hydrogen-bond donors (Lipinski definition) is 1. The SMILES string of the molecule is CCCOCC(O)c1cc(F)cc(Cl)c1. The van der Waals surface area contributed by atoms with Gasteiger partial charge in [-0.3, -0.25) is 0 Å². The number of aliphatic hydroxyl groups excluding tert-OH is 1. The molecule has 0 saturated carbocycles. The summed E-state index contributed by atoms with van der Waals surface area (Å²) < 4.78 is 18.1. The third-order valence-corrected chi connectivity index (χ3v) is 2.11. The van der Waals surface area contributed by atoms with Gasteiger partial charge >= 0.3 is 0 Å². The van der Waals surface area contributed by atoms with Crippen LogP contribution < -0.4 is 0 Å². The fourth-order valence-electron chi connectivity index (χ4n) is 1.20. The molecule has 0 aliphatic carbocycles. The molecule has 0 fully saturated rings. The van der Waals surface area contributed by atoms with E-state index in [0.29, 0.717) is 12.2 Å². The second-order valence-electron chi connectivity index (χ2n) is 3.29. The van der Waals surface area contributed by atoms with E-state index in [1.54, 1.807) is 0 Å². The Kier molecular flexibility index (Phi) is 5.02. The van der Waals surface area contributed by atoms with E-state index >= 15 is 0 Å². The van der Waals surface area contributed by atoms with Gasteiger partial charge in [0, 0.05) is 11.6 Å². The Morgan fingerprint density at radius 3 is 2.80 bits per heavy atom. The van der Waals surface area contributed by atoms with Gasteiger partial charge in [0.25, 0.3) is 0 Å². The summed E-state index contributed by atoms with van der Waals surface area (Å²) in [7, 11) is 0. The molecular weight excluding hydrogens is 219 g/mol. The van der Waals surface area contributed by atoms with Crippen molar-refractivity contribution in [2.24, 2.45) is 0 Å². The molecule has 1 atom stereocenters. The fraction of sp³-hybridized carbons (Fsp3) is 0.455. The van der Waals surface area contributed by atoms with Gasteiger partial charge in [-0.15, -0.1) is 0 Å². The van der Waals surface area contributed by atoms with Crippen LogP contribution in [0.4, 0.5) is 4.39 Å². The Morgan fingerprint density at radius 2 is 2.20 bits per heavy atom. The number of ether oxygens (including phenoxy) is 1. The summed E-state index contributed by atoms with van der Waals surface area (Å²) in [5, 5.41) is 9.92. The van der Waals surface area contributed by atoms with Crippen LogP contribution in [0.2, 0.25) is 5.02 Å². The number of benzene rings is 1. The average molecular weight is 233 g/mol. The van der Waals surface area contributed by atoms with Crippen molar-refractivity contribution in [2.45, 2.75) is 19.4 Å². The van der Waals surface area contributed by atoms with Crippen LogP contribution in [0.3, 0.4) is 0 Å². The van der Waals surface area contributed by atoms with Crippen LogP contribution in [0.15, 0.2) is 18.2 Å². The topological polar surface area (TPSA) is 29.5 Å². The van der Waals surface area contributed by atoms with Gasteiger partial charge in [-0.25, -0.2) is 4.39 Å². The highest BCUT2D eigenvalue weighted by Crippen LogP contribution is 2.20. The van der Waals surface area contributed by atoms with Gasteiger partial charge in [0.05, 0.1) is 6.61 Å². The predicted octanol–water partition coefficient (Wildman–Crippen LogP) is 2.94. The van der Waals surface area contributed by atoms with Crippen LogP contribution >= 0.6 is 11.6 Å². The molecule has 0 aliphatic rings. The first-order valence-corrected chi connectivity index (χ1v) is 5.23. The van der Waals surface area contributed by atoms with E-state index in [0.717, 1.165) is 6.42 Å². The standard InChI is InChI=1S/C11H14ClFO2/c1-2-3-15-7-11(14)8-4-9(12)6-10(13)5-8/h4-6,11,14H,2-3,7H2,1H3. The molecule has 0 radical (unpaired) electrons. The lowest BCUT2D eigenvalue weighted by atomic mass is 10.1. The molecule has 0 spiro atoms. The summed E-state index contributed by atoms with van der Waals surface area (Å²) in [5.41, 5.74) is 0.441. The number of hydrogen-bond acceptors (Lipinski definition) is 2. The zero-order valence-corrected chi connectivity index (χ0v) is 9.30. The second-order valence-corrected chi connectivity index (χ2v) is 3.73. The average Bonchev–Trinajstić information content (AvgIpc) is 2.16. The molecule has 84 valence electrons. The van der Waals surface area contributed by atoms with Gasteiger partial charge < -0.3 is 9.84 Å². The highest BCUT2D eigenvalue weighted by Gasteiger charge is 2.09. The van der Waals surface area contributed by atoms with E-state index in [9.17, 15) is 9.50 Å². The minimum atomic E-state index is -0.829. The van der Waals surface area contributed by atoms with Crippen LogP contribution in [0.25, 0.3) is 0 Å². The lowest BCUT2D eigenvalue weighted by molar-refractivity contribution is 0.0362. The smallest absolute Gasteiger partial charge is 0.125 e. The minimum absolute atomic E-state index is 0.160. The number of aliphatic hydroxyl groups is 1. The summed E-state index contributed by atoms with van der Waals surface area (Å²) in [6.07, 6.45) is 0.0566. The third-order valence-electron chi connectivity index (χ3n) is 1.89. The van der Waals surface area contributed by atoms with Crippen molar-refractivity contribution in [3.63, 3.8) is 0 Å². The Bertz CT molecular complexity index is 297. The van der Waals surface area contributed by atoms with Crippen molar-refractivity contribution < 1.29 is 14.2 Å². The summed E-state index contributed by atoms with van der Waals surface area (Å²) in [5.74, 6) is -0.452. The Labute approximate surface area is 93.6 Å². The molecule has 15 heavy (non-hydrogen) atoms. The quantitative estimate of drug-likeness (QED) is 0.791. The molecule has 0 heterocycles. The van der Waals surface area contributed by atoms with Gasteiger partial charge in [0.1, 0.15) is 11.9 Å². The molecular formula is C11H14ClFO2. The molecule has 1 N–H and O–H groups in total. The molecule has 0 aromatic heterocycles. The lowest BCUT2D eigenvalue weighted by Crippen LogP contribution is -2.08. The first-order chi connectivity index (χ1) is 7.13. The first-order valence-electron chi connectivity index (χ1n) is 4.85. The van der Waals surface area contributed by atoms with Crippen molar-refractivity contribution in [2.75, 3.05) is 13.2 Å². The van der Waals surface area contributed by atoms with Crippen LogP contribution in [0.5, 0.6) is 0 Å². The van der Waals surface area contributed by atoms with Crippen LogP contribution in [0, 0.1) is 5.82 Å². The maximum absolute atomic E-state index is 12.9. The summed E-state index contributed by atoms with van der Waals surface area (Å²) in [4.78, 5) is 0. The highest BCUT2D eigenvalue weighted by atomic mass is 35.5. The molecule has 1 rings (SSSR count). The summed E-state index contributed by atoms with van der Waals surface area (Å²) >= 11 is 5.66. The second kappa shape index (κ2) is 6.05. The Morgan fingerprint density at radius 1 is 1.47 bits per heavy atom. The minimum Gasteiger partial charge on any atom is -0.386 e. The van der Waals surface area contributed by atoms with Gasteiger partial charge in [-0.2, -0.15) is 0 Å². The van der Waals surface area contributed by atoms with E-state index in [2.05, 4.69) is 0 Å².